The summed E-state index contributed by atoms with van der Waals surface area (Å²) in [7, 11) is 0. The zero-order valence-corrected chi connectivity index (χ0v) is 13.7. The van der Waals surface area contributed by atoms with E-state index in [1.807, 2.05) is 68.4 Å². The van der Waals surface area contributed by atoms with Crippen molar-refractivity contribution in [1.29, 1.82) is 0 Å². The monoisotopic (exact) mass is 318 g/mol. The van der Waals surface area contributed by atoms with E-state index in [2.05, 4.69) is 10.4 Å². The fraction of sp³-hybridized carbons (Fsp3) is 0.158. The van der Waals surface area contributed by atoms with E-state index in [4.69, 9.17) is 0 Å². The molecule has 0 fully saturated rings. The molecule has 1 N–H and O–H groups in total. The summed E-state index contributed by atoms with van der Waals surface area (Å²) in [5, 5.41) is 7.61. The van der Waals surface area contributed by atoms with Gasteiger partial charge < -0.3 is 0 Å². The third-order valence-electron chi connectivity index (χ3n) is 4.32. The second-order valence-corrected chi connectivity index (χ2v) is 6.01. The summed E-state index contributed by atoms with van der Waals surface area (Å²) in [6, 6.07) is 17.7. The molecule has 5 heteroatoms. The highest BCUT2D eigenvalue weighted by Crippen LogP contribution is 2.31. The first kappa shape index (κ1) is 14.5. The van der Waals surface area contributed by atoms with Crippen molar-refractivity contribution < 1.29 is 4.79 Å². The zero-order valence-electron chi connectivity index (χ0n) is 13.7. The Balaban J connectivity index is 1.75. The second kappa shape index (κ2) is 5.53. The summed E-state index contributed by atoms with van der Waals surface area (Å²) in [5.41, 5.74) is 4.96. The number of carbonyl (C=O) groups is 1. The average molecular weight is 318 g/mol. The topological polar surface area (TPSA) is 50.2 Å². The van der Waals surface area contributed by atoms with Crippen LogP contribution in [0.15, 0.2) is 54.6 Å². The molecule has 2 heterocycles. The molecule has 1 aliphatic rings. The molecule has 0 radical (unpaired) electrons. The highest BCUT2D eigenvalue weighted by molar-refractivity contribution is 6.04. The van der Waals surface area contributed by atoms with Gasteiger partial charge in [-0.3, -0.25) is 10.2 Å². The highest BCUT2D eigenvalue weighted by atomic mass is 16.2. The Kier molecular flexibility index (Phi) is 3.34. The van der Waals surface area contributed by atoms with Gasteiger partial charge in [0.25, 0.3) is 0 Å². The van der Waals surface area contributed by atoms with Crippen LogP contribution in [0.4, 0.5) is 16.3 Å². The van der Waals surface area contributed by atoms with Crippen LogP contribution < -0.4 is 10.2 Å². The number of rotatable bonds is 2. The molecule has 1 aliphatic heterocycles. The van der Waals surface area contributed by atoms with E-state index in [0.29, 0.717) is 6.54 Å². The van der Waals surface area contributed by atoms with Crippen LogP contribution in [-0.4, -0.2) is 15.8 Å². The van der Waals surface area contributed by atoms with Gasteiger partial charge in [0.1, 0.15) is 5.82 Å². The summed E-state index contributed by atoms with van der Waals surface area (Å²) < 4.78 is 1.80. The van der Waals surface area contributed by atoms with Crippen molar-refractivity contribution in [1.82, 2.24) is 9.78 Å². The van der Waals surface area contributed by atoms with Gasteiger partial charge in [0.05, 0.1) is 17.9 Å². The van der Waals surface area contributed by atoms with Gasteiger partial charge in [0, 0.05) is 11.3 Å². The summed E-state index contributed by atoms with van der Waals surface area (Å²) in [6.45, 7) is 4.53. The molecule has 3 aromatic rings. The first-order valence-electron chi connectivity index (χ1n) is 7.92. The van der Waals surface area contributed by atoms with E-state index >= 15 is 0 Å². The predicted molar refractivity (Wildman–Crippen MR) is 94.7 cm³/mol. The van der Waals surface area contributed by atoms with E-state index in [0.717, 1.165) is 28.5 Å². The Bertz CT molecular complexity index is 897. The molecule has 4 rings (SSSR count). The number of benzene rings is 2. The lowest BCUT2D eigenvalue weighted by Crippen LogP contribution is -2.39. The molecular formula is C19H18N4O. The second-order valence-electron chi connectivity index (χ2n) is 6.01. The predicted octanol–water partition coefficient (Wildman–Crippen LogP) is 4.04. The maximum atomic E-state index is 12.6. The summed E-state index contributed by atoms with van der Waals surface area (Å²) in [6.07, 6.45) is 0. The molecule has 0 aliphatic carbocycles. The van der Waals surface area contributed by atoms with E-state index < -0.39 is 0 Å². The van der Waals surface area contributed by atoms with Gasteiger partial charge in [-0.25, -0.2) is 9.48 Å². The highest BCUT2D eigenvalue weighted by Gasteiger charge is 2.29. The molecule has 2 amide bonds. The van der Waals surface area contributed by atoms with E-state index in [1.54, 1.807) is 9.58 Å². The Hall–Kier alpha value is -3.08. The lowest BCUT2D eigenvalue weighted by Gasteiger charge is -2.28. The SMILES string of the molecule is Cc1ccc(N2Cc3c(C)nn(-c4ccccc4)c3NC2=O)cc1. The number of urea groups is 1. The first-order chi connectivity index (χ1) is 11.6. The van der Waals surface area contributed by atoms with E-state index in [9.17, 15) is 4.79 Å². The molecule has 24 heavy (non-hydrogen) atoms. The van der Waals surface area contributed by atoms with Gasteiger partial charge in [-0.1, -0.05) is 35.9 Å². The molecular weight excluding hydrogens is 300 g/mol. The fourth-order valence-electron chi connectivity index (χ4n) is 2.97. The van der Waals surface area contributed by atoms with Crippen LogP contribution in [0, 0.1) is 13.8 Å². The summed E-state index contributed by atoms with van der Waals surface area (Å²) in [4.78, 5) is 14.4. The summed E-state index contributed by atoms with van der Waals surface area (Å²) in [5.74, 6) is 0.757. The first-order valence-corrected chi connectivity index (χ1v) is 7.92. The van der Waals surface area contributed by atoms with Gasteiger partial charge in [-0.15, -0.1) is 0 Å². The number of hydrogen-bond acceptors (Lipinski definition) is 2. The van der Waals surface area contributed by atoms with Gasteiger partial charge in [0.2, 0.25) is 0 Å². The molecule has 120 valence electrons. The third-order valence-corrected chi connectivity index (χ3v) is 4.32. The maximum Gasteiger partial charge on any atom is 0.327 e. The number of aryl methyl sites for hydroxylation is 2. The fourth-order valence-corrected chi connectivity index (χ4v) is 2.97. The average Bonchev–Trinajstić information content (AvgIpc) is 2.92. The van der Waals surface area contributed by atoms with Crippen LogP contribution in [0.25, 0.3) is 5.69 Å². The standard InChI is InChI=1S/C19H18N4O/c1-13-8-10-15(11-9-13)22-12-17-14(2)21-23(18(17)20-19(22)24)16-6-4-3-5-7-16/h3-11H,12H2,1-2H3,(H,20,24). The number of anilines is 2. The van der Waals surface area contributed by atoms with Crippen LogP contribution in [0.2, 0.25) is 0 Å². The molecule has 0 bridgehead atoms. The summed E-state index contributed by atoms with van der Waals surface area (Å²) >= 11 is 0. The van der Waals surface area contributed by atoms with Crippen LogP contribution in [0.1, 0.15) is 16.8 Å². The van der Waals surface area contributed by atoms with Gasteiger partial charge in [-0.05, 0) is 38.1 Å². The normalized spacial score (nSPS) is 13.6. The van der Waals surface area contributed by atoms with Crippen molar-refractivity contribution in [3.63, 3.8) is 0 Å². The van der Waals surface area contributed by atoms with Crippen molar-refractivity contribution in [2.45, 2.75) is 20.4 Å². The molecule has 1 aromatic heterocycles. The minimum absolute atomic E-state index is 0.136. The Morgan fingerprint density at radius 1 is 0.958 bits per heavy atom. The number of hydrogen-bond donors (Lipinski definition) is 1. The Morgan fingerprint density at radius 2 is 1.67 bits per heavy atom. The molecule has 0 spiro atoms. The number of para-hydroxylation sites is 1. The quantitative estimate of drug-likeness (QED) is 0.775. The number of nitrogens with zero attached hydrogens (tertiary/aromatic N) is 3. The van der Waals surface area contributed by atoms with Crippen LogP contribution in [-0.2, 0) is 6.54 Å². The molecule has 0 saturated carbocycles. The lowest BCUT2D eigenvalue weighted by molar-refractivity contribution is 0.256. The van der Waals surface area contributed by atoms with Gasteiger partial charge in [-0.2, -0.15) is 5.10 Å². The maximum absolute atomic E-state index is 12.6. The minimum Gasteiger partial charge on any atom is -0.291 e. The van der Waals surface area contributed by atoms with E-state index in [1.165, 1.54) is 5.56 Å². The van der Waals surface area contributed by atoms with Gasteiger partial charge >= 0.3 is 6.03 Å². The van der Waals surface area contributed by atoms with Crippen molar-refractivity contribution in [2.75, 3.05) is 10.2 Å². The van der Waals surface area contributed by atoms with Crippen molar-refractivity contribution >= 4 is 17.5 Å². The molecule has 5 nitrogen and oxygen atoms in total. The number of nitrogens with one attached hydrogen (secondary N) is 1. The molecule has 0 atom stereocenters. The van der Waals surface area contributed by atoms with Crippen LogP contribution in [0.5, 0.6) is 0 Å². The van der Waals surface area contributed by atoms with Gasteiger partial charge in [0.15, 0.2) is 0 Å². The van der Waals surface area contributed by atoms with Crippen molar-refractivity contribution in [3.05, 3.63) is 71.4 Å². The number of carbonyl (C=O) groups excluding carboxylic acids is 1. The van der Waals surface area contributed by atoms with Crippen molar-refractivity contribution in [2.24, 2.45) is 0 Å². The van der Waals surface area contributed by atoms with Crippen molar-refractivity contribution in [3.8, 4) is 5.69 Å². The minimum atomic E-state index is -0.136. The lowest BCUT2D eigenvalue weighted by atomic mass is 10.1. The van der Waals surface area contributed by atoms with Crippen LogP contribution in [0.3, 0.4) is 0 Å². The molecule has 0 unspecified atom stereocenters. The molecule has 2 aromatic carbocycles. The smallest absolute Gasteiger partial charge is 0.291 e. The number of amides is 2. The Labute approximate surface area is 140 Å². The number of fused-ring (bicyclic) bond motifs is 1. The zero-order chi connectivity index (χ0) is 16.7. The number of aromatic nitrogens is 2. The third kappa shape index (κ3) is 2.34. The Morgan fingerprint density at radius 3 is 2.38 bits per heavy atom. The van der Waals surface area contributed by atoms with Crippen LogP contribution >= 0.6 is 0 Å². The largest absolute Gasteiger partial charge is 0.327 e. The van der Waals surface area contributed by atoms with E-state index in [-0.39, 0.29) is 6.03 Å². The molecule has 0 saturated heterocycles.